The fourth-order valence-electron chi connectivity index (χ4n) is 1.15. The molecule has 2 rings (SSSR count). The van der Waals surface area contributed by atoms with Gasteiger partial charge >= 0.3 is 0 Å². The Balaban J connectivity index is 2.88. The summed E-state index contributed by atoms with van der Waals surface area (Å²) in [6.45, 7) is 0. The van der Waals surface area contributed by atoms with Crippen molar-refractivity contribution < 1.29 is 0 Å². The van der Waals surface area contributed by atoms with Gasteiger partial charge in [0.25, 0.3) is 0 Å². The molecule has 62 valence electrons. The number of thiophene rings is 1. The Kier molecular flexibility index (Phi) is 1.73. The summed E-state index contributed by atoms with van der Waals surface area (Å²) in [5, 5.41) is 1.92. The molecule has 4 heteroatoms. The van der Waals surface area contributed by atoms with E-state index in [4.69, 9.17) is 11.5 Å². The van der Waals surface area contributed by atoms with Crippen LogP contribution in [0.15, 0.2) is 22.7 Å². The van der Waals surface area contributed by atoms with Crippen LogP contribution in [0.2, 0.25) is 0 Å². The third-order valence-corrected chi connectivity index (χ3v) is 3.51. The Labute approximate surface area is 82.3 Å². The molecule has 0 spiro atoms. The largest absolute Gasteiger partial charge is 0.399 e. The van der Waals surface area contributed by atoms with Gasteiger partial charge in [-0.3, -0.25) is 0 Å². The van der Waals surface area contributed by atoms with Crippen molar-refractivity contribution >= 4 is 48.0 Å². The van der Waals surface area contributed by atoms with E-state index in [1.54, 1.807) is 11.3 Å². The van der Waals surface area contributed by atoms with E-state index in [1.807, 2.05) is 18.2 Å². The summed E-state index contributed by atoms with van der Waals surface area (Å²) in [5.41, 5.74) is 12.1. The molecule has 0 unspecified atom stereocenters. The minimum atomic E-state index is 0.757. The van der Waals surface area contributed by atoms with E-state index in [9.17, 15) is 0 Å². The lowest BCUT2D eigenvalue weighted by atomic mass is 10.2. The molecule has 0 amide bonds. The van der Waals surface area contributed by atoms with Crippen LogP contribution in [0.1, 0.15) is 0 Å². The van der Waals surface area contributed by atoms with Crippen molar-refractivity contribution in [1.29, 1.82) is 0 Å². The van der Waals surface area contributed by atoms with Crippen molar-refractivity contribution in [3.63, 3.8) is 0 Å². The number of nitrogens with two attached hydrogens (primary N) is 2. The fourth-order valence-corrected chi connectivity index (χ4v) is 2.70. The number of anilines is 2. The molecule has 1 aromatic heterocycles. The zero-order chi connectivity index (χ0) is 8.72. The first-order valence-electron chi connectivity index (χ1n) is 3.41. The molecule has 0 saturated heterocycles. The van der Waals surface area contributed by atoms with Crippen LogP contribution in [-0.2, 0) is 0 Å². The Morgan fingerprint density at radius 3 is 2.67 bits per heavy atom. The fraction of sp³-hybridized carbons (Fsp3) is 0. The van der Waals surface area contributed by atoms with Crippen LogP contribution in [0.25, 0.3) is 10.1 Å². The predicted octanol–water partition coefficient (Wildman–Crippen LogP) is 2.83. The van der Waals surface area contributed by atoms with E-state index in [-0.39, 0.29) is 0 Å². The van der Waals surface area contributed by atoms with Gasteiger partial charge < -0.3 is 11.5 Å². The highest BCUT2D eigenvalue weighted by molar-refractivity contribution is 9.10. The van der Waals surface area contributed by atoms with E-state index in [2.05, 4.69) is 15.9 Å². The molecule has 0 radical (unpaired) electrons. The van der Waals surface area contributed by atoms with E-state index < -0.39 is 0 Å². The van der Waals surface area contributed by atoms with Crippen molar-refractivity contribution in [2.75, 3.05) is 11.5 Å². The lowest BCUT2D eigenvalue weighted by molar-refractivity contribution is 1.75. The second-order valence-electron chi connectivity index (χ2n) is 2.57. The molecule has 0 aliphatic heterocycles. The van der Waals surface area contributed by atoms with Crippen molar-refractivity contribution in [2.24, 2.45) is 0 Å². The zero-order valence-electron chi connectivity index (χ0n) is 6.17. The van der Waals surface area contributed by atoms with Gasteiger partial charge in [0.15, 0.2) is 0 Å². The first kappa shape index (κ1) is 7.89. The topological polar surface area (TPSA) is 52.0 Å². The molecule has 0 bridgehead atoms. The first-order valence-corrected chi connectivity index (χ1v) is 5.02. The standard InChI is InChI=1S/C8H7BrN2S/c9-6-3-5(10)1-4-2-7(11)12-8(4)6/h1-3H,10-11H2. The molecule has 0 aliphatic carbocycles. The average molecular weight is 243 g/mol. The van der Waals surface area contributed by atoms with E-state index in [0.717, 1.165) is 25.2 Å². The highest BCUT2D eigenvalue weighted by Crippen LogP contribution is 2.35. The van der Waals surface area contributed by atoms with Gasteiger partial charge in [-0.05, 0) is 39.5 Å². The number of nitrogen functional groups attached to an aromatic ring is 2. The van der Waals surface area contributed by atoms with Crippen LogP contribution in [-0.4, -0.2) is 0 Å². The maximum Gasteiger partial charge on any atom is 0.0869 e. The molecule has 0 fully saturated rings. The molecule has 0 atom stereocenters. The molecular formula is C8H7BrN2S. The van der Waals surface area contributed by atoms with Crippen LogP contribution in [0, 0.1) is 0 Å². The molecule has 2 aromatic rings. The number of fused-ring (bicyclic) bond motifs is 1. The van der Waals surface area contributed by atoms with Gasteiger partial charge in [-0.1, -0.05) is 0 Å². The summed E-state index contributed by atoms with van der Waals surface area (Å²) in [6.07, 6.45) is 0. The number of hydrogen-bond donors (Lipinski definition) is 2. The van der Waals surface area contributed by atoms with Gasteiger partial charge in [0.05, 0.1) is 9.70 Å². The molecule has 12 heavy (non-hydrogen) atoms. The Bertz CT molecular complexity index is 436. The Morgan fingerprint density at radius 2 is 1.92 bits per heavy atom. The molecule has 1 aromatic carbocycles. The average Bonchev–Trinajstić information content (AvgIpc) is 2.29. The van der Waals surface area contributed by atoms with Crippen molar-refractivity contribution in [1.82, 2.24) is 0 Å². The normalized spacial score (nSPS) is 10.8. The number of halogens is 1. The lowest BCUT2D eigenvalue weighted by Crippen LogP contribution is -1.82. The summed E-state index contributed by atoms with van der Waals surface area (Å²) in [4.78, 5) is 0. The van der Waals surface area contributed by atoms with Crippen molar-refractivity contribution in [3.05, 3.63) is 22.7 Å². The van der Waals surface area contributed by atoms with Gasteiger partial charge in [-0.2, -0.15) is 0 Å². The van der Waals surface area contributed by atoms with Gasteiger partial charge in [-0.15, -0.1) is 11.3 Å². The van der Waals surface area contributed by atoms with Crippen LogP contribution in [0.3, 0.4) is 0 Å². The van der Waals surface area contributed by atoms with E-state index in [1.165, 1.54) is 0 Å². The summed E-state index contributed by atoms with van der Waals surface area (Å²) >= 11 is 5.00. The maximum absolute atomic E-state index is 5.67. The van der Waals surface area contributed by atoms with Crippen LogP contribution in [0.4, 0.5) is 10.7 Å². The summed E-state index contributed by atoms with van der Waals surface area (Å²) in [6, 6.07) is 5.74. The van der Waals surface area contributed by atoms with Gasteiger partial charge in [0.1, 0.15) is 0 Å². The molecule has 0 saturated carbocycles. The van der Waals surface area contributed by atoms with Crippen molar-refractivity contribution in [2.45, 2.75) is 0 Å². The minimum Gasteiger partial charge on any atom is -0.399 e. The van der Waals surface area contributed by atoms with Crippen LogP contribution < -0.4 is 11.5 Å². The quantitative estimate of drug-likeness (QED) is 0.699. The monoisotopic (exact) mass is 242 g/mol. The molecule has 4 N–H and O–H groups in total. The summed E-state index contributed by atoms with van der Waals surface area (Å²) in [7, 11) is 0. The second-order valence-corrected chi connectivity index (χ2v) is 4.51. The maximum atomic E-state index is 5.67. The van der Waals surface area contributed by atoms with Crippen LogP contribution in [0.5, 0.6) is 0 Å². The first-order chi connectivity index (χ1) is 5.66. The van der Waals surface area contributed by atoms with Gasteiger partial charge in [-0.25, -0.2) is 0 Å². The highest BCUT2D eigenvalue weighted by atomic mass is 79.9. The van der Waals surface area contributed by atoms with E-state index in [0.29, 0.717) is 0 Å². The minimum absolute atomic E-state index is 0.757. The van der Waals surface area contributed by atoms with Gasteiger partial charge in [0, 0.05) is 10.2 Å². The molecule has 0 aliphatic rings. The Morgan fingerprint density at radius 1 is 1.17 bits per heavy atom. The SMILES string of the molecule is Nc1cc(Br)c2sc(N)cc2c1. The molecular weight excluding hydrogens is 236 g/mol. The Hall–Kier alpha value is -0.740. The molecule has 1 heterocycles. The predicted molar refractivity (Wildman–Crippen MR) is 58.3 cm³/mol. The summed E-state index contributed by atoms with van der Waals surface area (Å²) in [5.74, 6) is 0. The lowest BCUT2D eigenvalue weighted by Gasteiger charge is -1.95. The number of benzene rings is 1. The smallest absolute Gasteiger partial charge is 0.0869 e. The number of hydrogen-bond acceptors (Lipinski definition) is 3. The zero-order valence-corrected chi connectivity index (χ0v) is 8.58. The molecule has 2 nitrogen and oxygen atoms in total. The van der Waals surface area contributed by atoms with Gasteiger partial charge in [0.2, 0.25) is 0 Å². The van der Waals surface area contributed by atoms with Crippen LogP contribution >= 0.6 is 27.3 Å². The third-order valence-electron chi connectivity index (χ3n) is 1.61. The highest BCUT2D eigenvalue weighted by Gasteiger charge is 2.03. The van der Waals surface area contributed by atoms with E-state index >= 15 is 0 Å². The second kappa shape index (κ2) is 2.64. The van der Waals surface area contributed by atoms with Crippen molar-refractivity contribution in [3.8, 4) is 0 Å². The summed E-state index contributed by atoms with van der Waals surface area (Å²) < 4.78 is 2.17. The number of rotatable bonds is 0. The third kappa shape index (κ3) is 1.17.